The molecule has 2 N–H and O–H groups in total. The molecule has 3 rings (SSSR count). The largest absolute Gasteiger partial charge is 0.488 e. The van der Waals surface area contributed by atoms with E-state index >= 15 is 0 Å². The van der Waals surface area contributed by atoms with Crippen LogP contribution in [0.15, 0.2) is 29.3 Å². The molecular formula is C22H25F4N3O2. The quantitative estimate of drug-likeness (QED) is 0.297. The van der Waals surface area contributed by atoms with Gasteiger partial charge in [-0.1, -0.05) is 12.1 Å². The minimum Gasteiger partial charge on any atom is -0.488 e. The third-order valence-corrected chi connectivity index (χ3v) is 4.79. The average Bonchev–Trinajstić information content (AvgIpc) is 3.24. The molecule has 2 aromatic carbocycles. The molecule has 1 unspecified atom stereocenters. The third kappa shape index (κ3) is 5.88. The van der Waals surface area contributed by atoms with E-state index in [9.17, 15) is 17.6 Å². The maximum atomic E-state index is 13.9. The first-order valence-corrected chi connectivity index (χ1v) is 10.1. The van der Waals surface area contributed by atoms with Crippen molar-refractivity contribution in [3.8, 4) is 5.75 Å². The van der Waals surface area contributed by atoms with Crippen LogP contribution in [0.1, 0.15) is 30.0 Å². The van der Waals surface area contributed by atoms with Gasteiger partial charge in [-0.2, -0.15) is 0 Å². The number of guanidine groups is 1. The van der Waals surface area contributed by atoms with Crippen molar-refractivity contribution < 1.29 is 27.0 Å². The number of ether oxygens (including phenoxy) is 2. The Morgan fingerprint density at radius 3 is 2.52 bits per heavy atom. The third-order valence-electron chi connectivity index (χ3n) is 4.79. The minimum atomic E-state index is -1.45. The first-order valence-electron chi connectivity index (χ1n) is 10.1. The lowest BCUT2D eigenvalue weighted by Gasteiger charge is -2.16. The van der Waals surface area contributed by atoms with E-state index in [0.717, 1.165) is 17.5 Å². The van der Waals surface area contributed by atoms with Crippen molar-refractivity contribution in [2.24, 2.45) is 4.99 Å². The molecule has 168 valence electrons. The van der Waals surface area contributed by atoms with Crippen LogP contribution in [-0.4, -0.2) is 31.8 Å². The van der Waals surface area contributed by atoms with Crippen molar-refractivity contribution in [2.45, 2.75) is 39.5 Å². The topological polar surface area (TPSA) is 54.9 Å². The molecule has 31 heavy (non-hydrogen) atoms. The van der Waals surface area contributed by atoms with Crippen molar-refractivity contribution in [2.75, 3.05) is 19.8 Å². The summed E-state index contributed by atoms with van der Waals surface area (Å²) >= 11 is 0. The highest BCUT2D eigenvalue weighted by atomic mass is 19.2. The molecule has 0 bridgehead atoms. The van der Waals surface area contributed by atoms with Gasteiger partial charge in [0.25, 0.3) is 0 Å². The van der Waals surface area contributed by atoms with Crippen LogP contribution in [0.25, 0.3) is 0 Å². The van der Waals surface area contributed by atoms with E-state index in [2.05, 4.69) is 15.6 Å². The van der Waals surface area contributed by atoms with Gasteiger partial charge in [-0.3, -0.25) is 0 Å². The number of aliphatic imine (C=N–C) groups is 1. The molecule has 1 aliphatic heterocycles. The first-order chi connectivity index (χ1) is 14.9. The predicted molar refractivity (Wildman–Crippen MR) is 109 cm³/mol. The second-order valence-electron chi connectivity index (χ2n) is 7.21. The predicted octanol–water partition coefficient (Wildman–Crippen LogP) is 3.97. The van der Waals surface area contributed by atoms with E-state index < -0.39 is 35.4 Å². The van der Waals surface area contributed by atoms with E-state index in [1.807, 2.05) is 32.0 Å². The van der Waals surface area contributed by atoms with Crippen LogP contribution in [0.2, 0.25) is 0 Å². The summed E-state index contributed by atoms with van der Waals surface area (Å²) in [4.78, 5) is 4.42. The zero-order valence-electron chi connectivity index (χ0n) is 17.4. The molecule has 1 saturated heterocycles. The molecule has 0 radical (unpaired) electrons. The van der Waals surface area contributed by atoms with Crippen molar-refractivity contribution in [1.29, 1.82) is 0 Å². The number of hydrogen-bond acceptors (Lipinski definition) is 3. The molecule has 0 saturated carbocycles. The average molecular weight is 439 g/mol. The number of nitrogens with zero attached hydrogens (tertiary/aromatic N) is 1. The number of aryl methyl sites for hydroxylation is 1. The van der Waals surface area contributed by atoms with Crippen LogP contribution in [0.4, 0.5) is 17.6 Å². The molecule has 0 aromatic heterocycles. The Hall–Kier alpha value is -2.81. The van der Waals surface area contributed by atoms with Crippen LogP contribution in [0.3, 0.4) is 0 Å². The Labute approximate surface area is 178 Å². The summed E-state index contributed by atoms with van der Waals surface area (Å²) in [7, 11) is 0. The summed E-state index contributed by atoms with van der Waals surface area (Å²) in [5, 5.41) is 5.65. The summed E-state index contributed by atoms with van der Waals surface area (Å²) in [6.45, 7) is 5.19. The molecule has 0 spiro atoms. The van der Waals surface area contributed by atoms with Crippen LogP contribution >= 0.6 is 0 Å². The van der Waals surface area contributed by atoms with Gasteiger partial charge in [0.05, 0.1) is 19.8 Å². The van der Waals surface area contributed by atoms with E-state index in [4.69, 9.17) is 9.47 Å². The lowest BCUT2D eigenvalue weighted by molar-refractivity contribution is 0.140. The molecule has 1 aliphatic rings. The summed E-state index contributed by atoms with van der Waals surface area (Å²) < 4.78 is 66.1. The molecular weight excluding hydrogens is 414 g/mol. The Balaban J connectivity index is 1.75. The van der Waals surface area contributed by atoms with Crippen molar-refractivity contribution in [3.05, 3.63) is 64.2 Å². The summed E-state index contributed by atoms with van der Waals surface area (Å²) in [5.41, 5.74) is 1.12. The molecule has 0 amide bonds. The maximum Gasteiger partial charge on any atom is 0.191 e. The molecule has 0 aliphatic carbocycles. The zero-order chi connectivity index (χ0) is 22.4. The monoisotopic (exact) mass is 439 g/mol. The van der Waals surface area contributed by atoms with Gasteiger partial charge in [0.2, 0.25) is 0 Å². The number of hydrogen-bond donors (Lipinski definition) is 2. The van der Waals surface area contributed by atoms with Gasteiger partial charge >= 0.3 is 0 Å². The van der Waals surface area contributed by atoms with Crippen LogP contribution in [0.5, 0.6) is 5.75 Å². The first kappa shape index (κ1) is 22.9. The summed E-state index contributed by atoms with van der Waals surface area (Å²) in [5.74, 6) is -4.84. The fourth-order valence-corrected chi connectivity index (χ4v) is 3.14. The van der Waals surface area contributed by atoms with Gasteiger partial charge in [0.15, 0.2) is 29.2 Å². The highest BCUT2D eigenvalue weighted by Gasteiger charge is 2.20. The van der Waals surface area contributed by atoms with E-state index in [1.54, 1.807) is 0 Å². The Kier molecular flexibility index (Phi) is 7.73. The fraction of sp³-hybridized carbons (Fsp3) is 0.409. The summed E-state index contributed by atoms with van der Waals surface area (Å²) in [6.07, 6.45) is 0.784. The highest BCUT2D eigenvalue weighted by molar-refractivity contribution is 5.79. The van der Waals surface area contributed by atoms with Gasteiger partial charge in [0.1, 0.15) is 11.9 Å². The minimum absolute atomic E-state index is 0.0234. The Bertz CT molecular complexity index is 921. The lowest BCUT2D eigenvalue weighted by atomic mass is 10.1. The van der Waals surface area contributed by atoms with Crippen molar-refractivity contribution >= 4 is 5.96 Å². The Morgan fingerprint density at radius 2 is 1.87 bits per heavy atom. The zero-order valence-corrected chi connectivity index (χ0v) is 17.4. The highest BCUT2D eigenvalue weighted by Crippen LogP contribution is 2.24. The second-order valence-corrected chi connectivity index (χ2v) is 7.21. The number of benzene rings is 2. The maximum absolute atomic E-state index is 13.9. The van der Waals surface area contributed by atoms with Gasteiger partial charge in [-0.25, -0.2) is 22.6 Å². The van der Waals surface area contributed by atoms with Gasteiger partial charge in [-0.05, 0) is 25.5 Å². The van der Waals surface area contributed by atoms with E-state index in [1.165, 1.54) is 0 Å². The fourth-order valence-electron chi connectivity index (χ4n) is 3.14. The molecule has 2 aromatic rings. The normalized spacial score (nSPS) is 16.5. The number of nitrogens with one attached hydrogen (secondary N) is 2. The molecule has 9 heteroatoms. The van der Waals surface area contributed by atoms with Crippen LogP contribution in [0, 0.1) is 30.2 Å². The summed E-state index contributed by atoms with van der Waals surface area (Å²) in [6, 6.07) is 5.93. The standard InChI is InChI=1S/C22H25F4N3O2/c1-3-27-22(29-11-16-20(25)17(23)9-18(24)21(16)26)28-10-14-5-4-13(2)8-19(14)31-15-6-7-30-12-15/h4-5,8-9,15H,3,6-7,10-12H2,1-2H3,(H2,27,28,29). The molecule has 1 heterocycles. The van der Waals surface area contributed by atoms with Crippen LogP contribution < -0.4 is 15.4 Å². The van der Waals surface area contributed by atoms with E-state index in [0.29, 0.717) is 25.5 Å². The van der Waals surface area contributed by atoms with Crippen molar-refractivity contribution in [3.63, 3.8) is 0 Å². The smallest absolute Gasteiger partial charge is 0.191 e. The SMILES string of the molecule is CCNC(=NCc1ccc(C)cc1OC1CCOC1)NCc1c(F)c(F)cc(F)c1F. The van der Waals surface area contributed by atoms with Gasteiger partial charge < -0.3 is 20.1 Å². The lowest BCUT2D eigenvalue weighted by Crippen LogP contribution is -2.37. The van der Waals surface area contributed by atoms with Crippen molar-refractivity contribution in [1.82, 2.24) is 10.6 Å². The molecule has 1 fully saturated rings. The molecule has 1 atom stereocenters. The number of halogens is 4. The second kappa shape index (κ2) is 10.5. The Morgan fingerprint density at radius 1 is 1.13 bits per heavy atom. The molecule has 5 nitrogen and oxygen atoms in total. The van der Waals surface area contributed by atoms with Crippen LogP contribution in [-0.2, 0) is 17.8 Å². The van der Waals surface area contributed by atoms with Gasteiger partial charge in [-0.15, -0.1) is 0 Å². The number of rotatable bonds is 7. The van der Waals surface area contributed by atoms with Gasteiger partial charge in [0, 0.05) is 36.7 Å². The van der Waals surface area contributed by atoms with E-state index in [-0.39, 0.29) is 24.7 Å².